The molecule has 0 saturated heterocycles. The second-order valence-corrected chi connectivity index (χ2v) is 10.9. The SMILES string of the molecule is C=CC1c2ccccc2N2c3nc(-c4ccccc4C)c(-c4ccccc4C)nc3N(c3ccccc3)C2C1C. The number of rotatable bonds is 4. The Labute approximate surface area is 236 Å². The molecule has 4 aromatic carbocycles. The van der Waals surface area contributed by atoms with Gasteiger partial charge >= 0.3 is 0 Å². The Morgan fingerprint density at radius 2 is 1.18 bits per heavy atom. The molecule has 0 bridgehead atoms. The van der Waals surface area contributed by atoms with Gasteiger partial charge in [0.05, 0.1) is 11.4 Å². The molecule has 0 spiro atoms. The zero-order valence-corrected chi connectivity index (χ0v) is 23.1. The van der Waals surface area contributed by atoms with Gasteiger partial charge in [-0.25, -0.2) is 9.97 Å². The smallest absolute Gasteiger partial charge is 0.179 e. The topological polar surface area (TPSA) is 32.3 Å². The Hall–Kier alpha value is -4.70. The van der Waals surface area contributed by atoms with E-state index in [9.17, 15) is 0 Å². The van der Waals surface area contributed by atoms with Gasteiger partial charge in [0.2, 0.25) is 0 Å². The molecule has 3 atom stereocenters. The number of anilines is 4. The van der Waals surface area contributed by atoms with Crippen molar-refractivity contribution < 1.29 is 0 Å². The molecular weight excluding hydrogens is 488 g/mol. The van der Waals surface area contributed by atoms with Crippen molar-refractivity contribution in [1.82, 2.24) is 9.97 Å². The van der Waals surface area contributed by atoms with Crippen molar-refractivity contribution in [2.24, 2.45) is 5.92 Å². The van der Waals surface area contributed by atoms with Crippen LogP contribution in [0.4, 0.5) is 23.0 Å². The Kier molecular flexibility index (Phi) is 5.78. The number of aromatic nitrogens is 2. The van der Waals surface area contributed by atoms with Crippen LogP contribution in [0.1, 0.15) is 29.5 Å². The highest BCUT2D eigenvalue weighted by atomic mass is 15.5. The summed E-state index contributed by atoms with van der Waals surface area (Å²) in [4.78, 5) is 15.9. The van der Waals surface area contributed by atoms with Crippen LogP contribution in [0.15, 0.2) is 116 Å². The van der Waals surface area contributed by atoms with Gasteiger partial charge in [-0.3, -0.25) is 0 Å². The number of fused-ring (bicyclic) bond motifs is 5. The van der Waals surface area contributed by atoms with E-state index in [0.29, 0.717) is 0 Å². The van der Waals surface area contributed by atoms with Gasteiger partial charge in [0.15, 0.2) is 11.6 Å². The van der Waals surface area contributed by atoms with Gasteiger partial charge in [-0.2, -0.15) is 0 Å². The van der Waals surface area contributed by atoms with E-state index < -0.39 is 0 Å². The molecular formula is C36H32N4. The van der Waals surface area contributed by atoms with Crippen LogP contribution < -0.4 is 9.80 Å². The van der Waals surface area contributed by atoms with Crippen molar-refractivity contribution in [3.8, 4) is 22.5 Å². The lowest BCUT2D eigenvalue weighted by atomic mass is 9.80. The molecule has 0 saturated carbocycles. The molecule has 3 unspecified atom stereocenters. The Morgan fingerprint density at radius 1 is 0.650 bits per heavy atom. The van der Waals surface area contributed by atoms with Gasteiger partial charge in [0.25, 0.3) is 0 Å². The summed E-state index contributed by atoms with van der Waals surface area (Å²) in [7, 11) is 0. The maximum Gasteiger partial charge on any atom is 0.179 e. The molecule has 0 aliphatic carbocycles. The second kappa shape index (κ2) is 9.49. The largest absolute Gasteiger partial charge is 0.302 e. The summed E-state index contributed by atoms with van der Waals surface area (Å²) < 4.78 is 0. The van der Waals surface area contributed by atoms with Gasteiger partial charge in [-0.05, 0) is 48.7 Å². The van der Waals surface area contributed by atoms with Crippen LogP contribution in [0.2, 0.25) is 0 Å². The molecule has 4 heteroatoms. The third-order valence-electron chi connectivity index (χ3n) is 8.53. The maximum absolute atomic E-state index is 5.54. The zero-order chi connectivity index (χ0) is 27.4. The molecule has 3 heterocycles. The van der Waals surface area contributed by atoms with Gasteiger partial charge in [0.1, 0.15) is 6.17 Å². The Balaban J connectivity index is 1.58. The van der Waals surface area contributed by atoms with Crippen LogP contribution in [0.3, 0.4) is 0 Å². The fraction of sp³-hybridized carbons (Fsp3) is 0.167. The fourth-order valence-electron chi connectivity index (χ4n) is 6.55. The Bertz CT molecular complexity index is 1740. The van der Waals surface area contributed by atoms with Crippen LogP contribution in [-0.2, 0) is 0 Å². The minimum Gasteiger partial charge on any atom is -0.302 e. The summed E-state index contributed by atoms with van der Waals surface area (Å²) in [6.07, 6.45) is 2.11. The maximum atomic E-state index is 5.54. The van der Waals surface area contributed by atoms with E-state index in [1.165, 1.54) is 22.4 Å². The molecule has 0 amide bonds. The molecule has 7 rings (SSSR count). The molecule has 2 aliphatic rings. The van der Waals surface area contributed by atoms with Crippen molar-refractivity contribution >= 4 is 23.0 Å². The molecule has 2 aliphatic heterocycles. The van der Waals surface area contributed by atoms with Crippen molar-refractivity contribution in [2.75, 3.05) is 9.80 Å². The van der Waals surface area contributed by atoms with Crippen LogP contribution in [0, 0.1) is 19.8 Å². The molecule has 196 valence electrons. The van der Waals surface area contributed by atoms with E-state index in [2.05, 4.69) is 146 Å². The lowest BCUT2D eigenvalue weighted by molar-refractivity contribution is 0.409. The van der Waals surface area contributed by atoms with E-state index in [0.717, 1.165) is 39.8 Å². The Morgan fingerprint density at radius 3 is 1.77 bits per heavy atom. The highest BCUT2D eigenvalue weighted by Crippen LogP contribution is 2.56. The summed E-state index contributed by atoms with van der Waals surface area (Å²) in [6, 6.07) is 36.3. The summed E-state index contributed by atoms with van der Waals surface area (Å²) in [5.41, 5.74) is 9.95. The second-order valence-electron chi connectivity index (χ2n) is 10.9. The first-order valence-corrected chi connectivity index (χ1v) is 14.0. The van der Waals surface area contributed by atoms with E-state index >= 15 is 0 Å². The van der Waals surface area contributed by atoms with E-state index in [1.54, 1.807) is 0 Å². The molecule has 40 heavy (non-hydrogen) atoms. The van der Waals surface area contributed by atoms with Gasteiger partial charge in [-0.1, -0.05) is 97.9 Å². The van der Waals surface area contributed by atoms with Gasteiger partial charge < -0.3 is 9.80 Å². The lowest BCUT2D eigenvalue weighted by Crippen LogP contribution is -2.48. The average Bonchev–Trinajstić information content (AvgIpc) is 3.32. The van der Waals surface area contributed by atoms with Crippen molar-refractivity contribution in [2.45, 2.75) is 32.9 Å². The lowest BCUT2D eigenvalue weighted by Gasteiger charge is -2.44. The number of allylic oxidation sites excluding steroid dienone is 1. The number of hydrogen-bond donors (Lipinski definition) is 0. The standard InChI is InChI=1S/C36H32N4/c1-5-27-25(4)36-39(26-17-7-6-8-18-26)34-35(40(36)31-22-14-13-21-30(27)31)38-33(29-20-12-10-16-24(29)3)32(37-34)28-19-11-9-15-23(28)2/h5-22,25,27,36H,1H2,2-4H3. The molecule has 5 aromatic rings. The molecule has 4 nitrogen and oxygen atoms in total. The third kappa shape index (κ3) is 3.60. The van der Waals surface area contributed by atoms with Crippen molar-refractivity contribution in [3.63, 3.8) is 0 Å². The quantitative estimate of drug-likeness (QED) is 0.221. The predicted molar refractivity (Wildman–Crippen MR) is 165 cm³/mol. The molecule has 0 radical (unpaired) electrons. The monoisotopic (exact) mass is 520 g/mol. The highest BCUT2D eigenvalue weighted by molar-refractivity contribution is 5.91. The van der Waals surface area contributed by atoms with Crippen LogP contribution in [0.5, 0.6) is 0 Å². The van der Waals surface area contributed by atoms with Crippen LogP contribution in [0.25, 0.3) is 22.5 Å². The molecule has 0 fully saturated rings. The first kappa shape index (κ1) is 24.3. The summed E-state index contributed by atoms with van der Waals surface area (Å²) >= 11 is 0. The number of benzene rings is 4. The first-order chi connectivity index (χ1) is 19.6. The van der Waals surface area contributed by atoms with E-state index in [-0.39, 0.29) is 18.0 Å². The van der Waals surface area contributed by atoms with Crippen LogP contribution in [-0.4, -0.2) is 16.1 Å². The summed E-state index contributed by atoms with van der Waals surface area (Å²) in [5, 5.41) is 0. The molecule has 0 N–H and O–H groups in total. The molecule has 1 aromatic heterocycles. The summed E-state index contributed by atoms with van der Waals surface area (Å²) in [6.45, 7) is 10.9. The first-order valence-electron chi connectivity index (χ1n) is 14.0. The third-order valence-corrected chi connectivity index (χ3v) is 8.53. The predicted octanol–water partition coefficient (Wildman–Crippen LogP) is 8.96. The van der Waals surface area contributed by atoms with Crippen molar-refractivity contribution in [1.29, 1.82) is 0 Å². The highest BCUT2D eigenvalue weighted by Gasteiger charge is 2.49. The number of hydrogen-bond acceptors (Lipinski definition) is 4. The zero-order valence-electron chi connectivity index (χ0n) is 23.1. The van der Waals surface area contributed by atoms with Crippen molar-refractivity contribution in [3.05, 3.63) is 132 Å². The number of nitrogens with zero attached hydrogens (tertiary/aromatic N) is 4. The minimum absolute atomic E-state index is 0.00661. The van der Waals surface area contributed by atoms with E-state index in [4.69, 9.17) is 9.97 Å². The van der Waals surface area contributed by atoms with Gasteiger partial charge in [-0.15, -0.1) is 6.58 Å². The number of aryl methyl sites for hydroxylation is 2. The van der Waals surface area contributed by atoms with Gasteiger partial charge in [0, 0.05) is 34.3 Å². The normalized spacial score (nSPS) is 19.1. The van der Waals surface area contributed by atoms with Crippen LogP contribution >= 0.6 is 0 Å². The summed E-state index contributed by atoms with van der Waals surface area (Å²) in [5.74, 6) is 2.24. The number of para-hydroxylation sites is 2. The minimum atomic E-state index is 0.00661. The average molecular weight is 521 g/mol. The fourth-order valence-corrected chi connectivity index (χ4v) is 6.55. The van der Waals surface area contributed by atoms with E-state index in [1.807, 2.05) is 0 Å².